The fourth-order valence-electron chi connectivity index (χ4n) is 1.53. The van der Waals surface area contributed by atoms with Crippen LogP contribution in [0, 0.1) is 12.7 Å². The lowest BCUT2D eigenvalue weighted by atomic mass is 10.3. The van der Waals surface area contributed by atoms with E-state index in [1.54, 1.807) is 12.1 Å². The fourth-order valence-corrected chi connectivity index (χ4v) is 2.32. The zero-order valence-electron chi connectivity index (χ0n) is 10.3. The van der Waals surface area contributed by atoms with Gasteiger partial charge in [-0.05, 0) is 19.1 Å². The zero-order valence-corrected chi connectivity index (χ0v) is 11.1. The number of thioether (sulfide) groups is 1. The molecule has 5 heteroatoms. The van der Waals surface area contributed by atoms with E-state index in [1.807, 2.05) is 26.1 Å². The van der Waals surface area contributed by atoms with E-state index >= 15 is 0 Å². The molecule has 1 aromatic carbocycles. The van der Waals surface area contributed by atoms with Gasteiger partial charge in [0, 0.05) is 23.7 Å². The number of nitrogens with one attached hydrogen (secondary N) is 1. The molecule has 0 radical (unpaired) electrons. The van der Waals surface area contributed by atoms with Crippen LogP contribution >= 0.6 is 11.8 Å². The number of aromatic nitrogens is 2. The summed E-state index contributed by atoms with van der Waals surface area (Å²) in [6.07, 6.45) is 0. The Morgan fingerprint density at radius 1 is 1.28 bits per heavy atom. The van der Waals surface area contributed by atoms with Crippen molar-refractivity contribution < 1.29 is 4.39 Å². The monoisotopic (exact) mass is 263 g/mol. The van der Waals surface area contributed by atoms with Crippen molar-refractivity contribution in [3.8, 4) is 0 Å². The zero-order chi connectivity index (χ0) is 13.0. The van der Waals surface area contributed by atoms with Crippen molar-refractivity contribution in [2.75, 3.05) is 12.4 Å². The van der Waals surface area contributed by atoms with E-state index in [0.717, 1.165) is 11.5 Å². The number of hydrogen-bond donors (Lipinski definition) is 1. The maximum absolute atomic E-state index is 13.4. The lowest BCUT2D eigenvalue weighted by molar-refractivity contribution is 0.602. The van der Waals surface area contributed by atoms with Gasteiger partial charge in [0.2, 0.25) is 0 Å². The quantitative estimate of drug-likeness (QED) is 0.859. The van der Waals surface area contributed by atoms with Gasteiger partial charge in [0.15, 0.2) is 0 Å². The smallest absolute Gasteiger partial charge is 0.141 e. The number of nitrogens with zero attached hydrogens (tertiary/aromatic N) is 2. The molecule has 0 saturated carbocycles. The predicted molar refractivity (Wildman–Crippen MR) is 72.3 cm³/mol. The Morgan fingerprint density at radius 3 is 2.78 bits per heavy atom. The molecule has 0 atom stereocenters. The van der Waals surface area contributed by atoms with Gasteiger partial charge in [0.1, 0.15) is 17.5 Å². The number of aryl methyl sites for hydroxylation is 1. The first-order valence-corrected chi connectivity index (χ1v) is 6.57. The Bertz CT molecular complexity index is 546. The second-order valence-corrected chi connectivity index (χ2v) is 4.80. The summed E-state index contributed by atoms with van der Waals surface area (Å²) >= 11 is 1.40. The standard InChI is InChI=1S/C13H14FN3S/c1-9-7-12(15-2)17-13(16-9)8-18-11-6-4-3-5-10(11)14/h3-7H,8H2,1-2H3,(H,15,16,17). The van der Waals surface area contributed by atoms with E-state index in [-0.39, 0.29) is 5.82 Å². The Labute approximate surface area is 110 Å². The highest BCUT2D eigenvalue weighted by Crippen LogP contribution is 2.24. The SMILES string of the molecule is CNc1cc(C)nc(CSc2ccccc2F)n1. The lowest BCUT2D eigenvalue weighted by Crippen LogP contribution is -2.00. The van der Waals surface area contributed by atoms with Gasteiger partial charge in [-0.3, -0.25) is 0 Å². The van der Waals surface area contributed by atoms with Gasteiger partial charge in [0.05, 0.1) is 5.75 Å². The van der Waals surface area contributed by atoms with Crippen LogP contribution in [-0.4, -0.2) is 17.0 Å². The molecule has 0 fully saturated rings. The van der Waals surface area contributed by atoms with Crippen LogP contribution in [0.2, 0.25) is 0 Å². The second-order valence-electron chi connectivity index (χ2n) is 3.78. The maximum Gasteiger partial charge on any atom is 0.141 e. The van der Waals surface area contributed by atoms with E-state index in [1.165, 1.54) is 17.8 Å². The molecule has 18 heavy (non-hydrogen) atoms. The molecule has 0 aliphatic heterocycles. The summed E-state index contributed by atoms with van der Waals surface area (Å²) in [5.74, 6) is 1.83. The van der Waals surface area contributed by atoms with E-state index in [0.29, 0.717) is 16.5 Å². The van der Waals surface area contributed by atoms with Crippen LogP contribution in [0.3, 0.4) is 0 Å². The normalized spacial score (nSPS) is 10.4. The molecule has 0 spiro atoms. The molecule has 0 saturated heterocycles. The molecule has 0 bridgehead atoms. The summed E-state index contributed by atoms with van der Waals surface area (Å²) in [4.78, 5) is 9.28. The summed E-state index contributed by atoms with van der Waals surface area (Å²) in [5.41, 5.74) is 0.901. The van der Waals surface area contributed by atoms with Crippen molar-refractivity contribution >= 4 is 17.6 Å². The first kappa shape index (κ1) is 12.8. The van der Waals surface area contributed by atoms with Gasteiger partial charge >= 0.3 is 0 Å². The van der Waals surface area contributed by atoms with Crippen molar-refractivity contribution in [3.63, 3.8) is 0 Å². The second kappa shape index (κ2) is 5.82. The minimum Gasteiger partial charge on any atom is -0.373 e. The molecule has 1 aromatic heterocycles. The molecule has 3 nitrogen and oxygen atoms in total. The van der Waals surface area contributed by atoms with Crippen LogP contribution in [-0.2, 0) is 5.75 Å². The summed E-state index contributed by atoms with van der Waals surface area (Å²) < 4.78 is 13.4. The average Bonchev–Trinajstić information content (AvgIpc) is 2.37. The summed E-state index contributed by atoms with van der Waals surface area (Å²) in [7, 11) is 1.82. The summed E-state index contributed by atoms with van der Waals surface area (Å²) in [6.45, 7) is 1.92. The third kappa shape index (κ3) is 3.20. The van der Waals surface area contributed by atoms with Crippen molar-refractivity contribution in [1.29, 1.82) is 0 Å². The van der Waals surface area contributed by atoms with Gasteiger partial charge in [-0.25, -0.2) is 14.4 Å². The van der Waals surface area contributed by atoms with Gasteiger partial charge in [0.25, 0.3) is 0 Å². The number of halogens is 1. The molecule has 94 valence electrons. The number of anilines is 1. The molecule has 0 aliphatic carbocycles. The summed E-state index contributed by atoms with van der Waals surface area (Å²) in [5, 5.41) is 2.98. The summed E-state index contributed by atoms with van der Waals surface area (Å²) in [6, 6.07) is 8.59. The first-order valence-electron chi connectivity index (χ1n) is 5.58. The van der Waals surface area contributed by atoms with Gasteiger partial charge in [-0.15, -0.1) is 11.8 Å². The molecular weight excluding hydrogens is 249 g/mol. The largest absolute Gasteiger partial charge is 0.373 e. The number of hydrogen-bond acceptors (Lipinski definition) is 4. The van der Waals surface area contributed by atoms with E-state index in [2.05, 4.69) is 15.3 Å². The van der Waals surface area contributed by atoms with Crippen LogP contribution < -0.4 is 5.32 Å². The first-order chi connectivity index (χ1) is 8.69. The average molecular weight is 263 g/mol. The Morgan fingerprint density at radius 2 is 2.06 bits per heavy atom. The van der Waals surface area contributed by atoms with Crippen molar-refractivity contribution in [2.24, 2.45) is 0 Å². The molecule has 1 N–H and O–H groups in total. The maximum atomic E-state index is 13.4. The Hall–Kier alpha value is -1.62. The van der Waals surface area contributed by atoms with Crippen molar-refractivity contribution in [2.45, 2.75) is 17.6 Å². The number of rotatable bonds is 4. The molecule has 0 amide bonds. The molecule has 0 unspecified atom stereocenters. The minimum absolute atomic E-state index is 0.205. The van der Waals surface area contributed by atoms with Gasteiger partial charge < -0.3 is 5.32 Å². The highest BCUT2D eigenvalue weighted by molar-refractivity contribution is 7.98. The third-order valence-electron chi connectivity index (χ3n) is 2.35. The van der Waals surface area contributed by atoms with E-state index in [4.69, 9.17) is 0 Å². The molecule has 1 heterocycles. The van der Waals surface area contributed by atoms with Crippen LogP contribution in [0.25, 0.3) is 0 Å². The molecule has 2 rings (SSSR count). The fraction of sp³-hybridized carbons (Fsp3) is 0.231. The van der Waals surface area contributed by atoms with Crippen LogP contribution in [0.5, 0.6) is 0 Å². The Kier molecular flexibility index (Phi) is 4.15. The van der Waals surface area contributed by atoms with Gasteiger partial charge in [-0.1, -0.05) is 12.1 Å². The van der Waals surface area contributed by atoms with Crippen LogP contribution in [0.15, 0.2) is 35.2 Å². The molecule has 2 aromatic rings. The van der Waals surface area contributed by atoms with E-state index < -0.39 is 0 Å². The van der Waals surface area contributed by atoms with Crippen molar-refractivity contribution in [3.05, 3.63) is 47.7 Å². The lowest BCUT2D eigenvalue weighted by Gasteiger charge is -2.05. The molecule has 0 aliphatic rings. The van der Waals surface area contributed by atoms with Gasteiger partial charge in [-0.2, -0.15) is 0 Å². The minimum atomic E-state index is -0.205. The predicted octanol–water partition coefficient (Wildman–Crippen LogP) is 3.26. The molecular formula is C13H14FN3S. The topological polar surface area (TPSA) is 37.8 Å². The Balaban J connectivity index is 2.11. The highest BCUT2D eigenvalue weighted by Gasteiger charge is 2.05. The highest BCUT2D eigenvalue weighted by atomic mass is 32.2. The van der Waals surface area contributed by atoms with Crippen molar-refractivity contribution in [1.82, 2.24) is 9.97 Å². The number of benzene rings is 1. The third-order valence-corrected chi connectivity index (χ3v) is 3.39. The van der Waals surface area contributed by atoms with Crippen LogP contribution in [0.4, 0.5) is 10.2 Å². The van der Waals surface area contributed by atoms with Crippen LogP contribution in [0.1, 0.15) is 11.5 Å². The van der Waals surface area contributed by atoms with E-state index in [9.17, 15) is 4.39 Å².